The van der Waals surface area contributed by atoms with E-state index in [-0.39, 0.29) is 0 Å². The van der Waals surface area contributed by atoms with Crippen molar-refractivity contribution < 1.29 is 0 Å². The van der Waals surface area contributed by atoms with Gasteiger partial charge in [0.05, 0.1) is 16.9 Å². The van der Waals surface area contributed by atoms with E-state index in [0.29, 0.717) is 0 Å². The lowest BCUT2D eigenvalue weighted by molar-refractivity contribution is 0.719. The van der Waals surface area contributed by atoms with Crippen molar-refractivity contribution in [2.45, 2.75) is 5.54 Å². The van der Waals surface area contributed by atoms with Gasteiger partial charge in [0, 0.05) is 12.4 Å². The topological polar surface area (TPSA) is 50.4 Å². The fourth-order valence-corrected chi connectivity index (χ4v) is 1.95. The minimum Gasteiger partial charge on any atom is -0.360 e. The van der Waals surface area contributed by atoms with Crippen LogP contribution in [0.15, 0.2) is 64.6 Å². The van der Waals surface area contributed by atoms with E-state index >= 15 is 0 Å². The number of aliphatic imine (C=N–C) groups is 1. The Balaban J connectivity index is 2.21. The first-order chi connectivity index (χ1) is 7.30. The Labute approximate surface area is 88.1 Å². The predicted molar refractivity (Wildman–Crippen MR) is 61.1 cm³/mol. The normalized spacial score (nSPS) is 30.9. The first-order valence-corrected chi connectivity index (χ1v) is 4.88. The Hall–Kier alpha value is -1.87. The van der Waals surface area contributed by atoms with E-state index in [9.17, 15) is 0 Å². The lowest BCUT2D eigenvalue weighted by Gasteiger charge is -2.32. The molecule has 0 saturated heterocycles. The molecule has 15 heavy (non-hydrogen) atoms. The molecule has 0 bridgehead atoms. The van der Waals surface area contributed by atoms with Crippen LogP contribution in [-0.4, -0.2) is 11.8 Å². The summed E-state index contributed by atoms with van der Waals surface area (Å²) in [6, 6.07) is 0. The van der Waals surface area contributed by atoms with Crippen LogP contribution in [0, 0.1) is 0 Å². The standard InChI is InChI=1S/C12H11N3/c13-12-5-2-8-15-11(12)10-9(4-6-12)3-1-7-14-10/h1-8,14H,13H2. The van der Waals surface area contributed by atoms with Crippen molar-refractivity contribution in [3.05, 3.63) is 59.6 Å². The van der Waals surface area contributed by atoms with Crippen LogP contribution in [0.4, 0.5) is 0 Å². The van der Waals surface area contributed by atoms with E-state index in [1.165, 1.54) is 0 Å². The highest BCUT2D eigenvalue weighted by atomic mass is 15.0. The minimum absolute atomic E-state index is 0.556. The molecule has 0 amide bonds. The Morgan fingerprint density at radius 3 is 3.13 bits per heavy atom. The van der Waals surface area contributed by atoms with Crippen LogP contribution in [0.2, 0.25) is 0 Å². The Kier molecular flexibility index (Phi) is 1.58. The second kappa shape index (κ2) is 2.81. The van der Waals surface area contributed by atoms with Crippen molar-refractivity contribution in [1.82, 2.24) is 5.32 Å². The van der Waals surface area contributed by atoms with Gasteiger partial charge in [0.1, 0.15) is 0 Å². The summed E-state index contributed by atoms with van der Waals surface area (Å²) >= 11 is 0. The van der Waals surface area contributed by atoms with Crippen molar-refractivity contribution in [2.24, 2.45) is 10.7 Å². The highest BCUT2D eigenvalue weighted by Gasteiger charge is 2.32. The quantitative estimate of drug-likeness (QED) is 0.612. The number of hydrogen-bond donors (Lipinski definition) is 2. The number of dihydropyridines is 2. The largest absolute Gasteiger partial charge is 0.360 e. The molecule has 0 aromatic rings. The summed E-state index contributed by atoms with van der Waals surface area (Å²) in [5.74, 6) is 0. The van der Waals surface area contributed by atoms with E-state index in [2.05, 4.69) is 10.3 Å². The number of nitrogens with one attached hydrogen (secondary N) is 1. The Morgan fingerprint density at radius 2 is 2.20 bits per heavy atom. The van der Waals surface area contributed by atoms with Crippen LogP contribution < -0.4 is 11.1 Å². The van der Waals surface area contributed by atoms with Crippen LogP contribution in [0.5, 0.6) is 0 Å². The molecule has 74 valence electrons. The maximum absolute atomic E-state index is 6.23. The third-order valence-electron chi connectivity index (χ3n) is 2.74. The monoisotopic (exact) mass is 197 g/mol. The van der Waals surface area contributed by atoms with Crippen LogP contribution in [0.1, 0.15) is 0 Å². The molecule has 0 aromatic heterocycles. The van der Waals surface area contributed by atoms with Crippen molar-refractivity contribution >= 4 is 6.21 Å². The molecule has 2 heterocycles. The van der Waals surface area contributed by atoms with Crippen LogP contribution in [0.3, 0.4) is 0 Å². The lowest BCUT2D eigenvalue weighted by Crippen LogP contribution is -2.42. The van der Waals surface area contributed by atoms with Crippen LogP contribution in [0.25, 0.3) is 0 Å². The SMILES string of the molecule is NC12C=CC=NC1=C1NC=CC=C1C=C2. The van der Waals surface area contributed by atoms with Crippen LogP contribution in [-0.2, 0) is 0 Å². The molecule has 1 unspecified atom stereocenters. The summed E-state index contributed by atoms with van der Waals surface area (Å²) in [5.41, 5.74) is 8.69. The molecule has 0 spiro atoms. The molecule has 3 N–H and O–H groups in total. The summed E-state index contributed by atoms with van der Waals surface area (Å²) in [5, 5.41) is 3.20. The van der Waals surface area contributed by atoms with Gasteiger partial charge in [0.15, 0.2) is 0 Å². The van der Waals surface area contributed by atoms with E-state index in [1.54, 1.807) is 6.21 Å². The van der Waals surface area contributed by atoms with E-state index in [4.69, 9.17) is 5.73 Å². The van der Waals surface area contributed by atoms with Gasteiger partial charge in [-0.1, -0.05) is 24.3 Å². The average Bonchev–Trinajstić information content (AvgIpc) is 2.28. The van der Waals surface area contributed by atoms with Gasteiger partial charge in [0.25, 0.3) is 0 Å². The second-order valence-corrected chi connectivity index (χ2v) is 3.75. The molecule has 3 rings (SSSR count). The number of nitrogens with two attached hydrogens (primary N) is 1. The molecular weight excluding hydrogens is 186 g/mol. The molecule has 2 aliphatic heterocycles. The Bertz CT molecular complexity index is 489. The maximum Gasteiger partial charge on any atom is 0.0983 e. The summed E-state index contributed by atoms with van der Waals surface area (Å²) in [6.45, 7) is 0. The van der Waals surface area contributed by atoms with Crippen molar-refractivity contribution in [3.8, 4) is 0 Å². The third kappa shape index (κ3) is 1.13. The summed E-state index contributed by atoms with van der Waals surface area (Å²) in [4.78, 5) is 4.36. The molecule has 1 atom stereocenters. The Morgan fingerprint density at radius 1 is 1.27 bits per heavy atom. The molecule has 3 heteroatoms. The highest BCUT2D eigenvalue weighted by Crippen LogP contribution is 2.33. The molecule has 3 nitrogen and oxygen atoms in total. The fourth-order valence-electron chi connectivity index (χ4n) is 1.95. The maximum atomic E-state index is 6.23. The molecule has 0 saturated carbocycles. The fraction of sp³-hybridized carbons (Fsp3) is 0.0833. The summed E-state index contributed by atoms with van der Waals surface area (Å²) in [6.07, 6.45) is 15.5. The number of rotatable bonds is 0. The molecule has 3 aliphatic rings. The highest BCUT2D eigenvalue weighted by molar-refractivity contribution is 5.77. The number of nitrogens with zero attached hydrogens (tertiary/aromatic N) is 1. The summed E-state index contributed by atoms with van der Waals surface area (Å²) in [7, 11) is 0. The third-order valence-corrected chi connectivity index (χ3v) is 2.74. The number of hydrogen-bond acceptors (Lipinski definition) is 3. The lowest BCUT2D eigenvalue weighted by atomic mass is 9.85. The van der Waals surface area contributed by atoms with E-state index in [1.807, 2.05) is 42.7 Å². The van der Waals surface area contributed by atoms with Crippen molar-refractivity contribution in [2.75, 3.05) is 0 Å². The van der Waals surface area contributed by atoms with Gasteiger partial charge >= 0.3 is 0 Å². The second-order valence-electron chi connectivity index (χ2n) is 3.75. The molecule has 0 fully saturated rings. The predicted octanol–water partition coefficient (Wildman–Crippen LogP) is 1.15. The first-order valence-electron chi connectivity index (χ1n) is 4.88. The minimum atomic E-state index is -0.556. The van der Waals surface area contributed by atoms with Crippen LogP contribution >= 0.6 is 0 Å². The van der Waals surface area contributed by atoms with Crippen molar-refractivity contribution in [3.63, 3.8) is 0 Å². The number of fused-ring (bicyclic) bond motifs is 2. The zero-order valence-corrected chi connectivity index (χ0v) is 8.14. The average molecular weight is 197 g/mol. The number of allylic oxidation sites excluding steroid dienone is 4. The molecular formula is C12H11N3. The van der Waals surface area contributed by atoms with Gasteiger partial charge in [-0.15, -0.1) is 0 Å². The zero-order valence-electron chi connectivity index (χ0n) is 8.14. The smallest absolute Gasteiger partial charge is 0.0983 e. The van der Waals surface area contributed by atoms with E-state index in [0.717, 1.165) is 17.0 Å². The van der Waals surface area contributed by atoms with Gasteiger partial charge in [0.2, 0.25) is 0 Å². The summed E-state index contributed by atoms with van der Waals surface area (Å²) < 4.78 is 0. The molecule has 1 aliphatic carbocycles. The zero-order chi connectivity index (χ0) is 10.3. The van der Waals surface area contributed by atoms with Gasteiger partial charge in [-0.2, -0.15) is 0 Å². The van der Waals surface area contributed by atoms with Gasteiger partial charge in [-0.05, 0) is 17.7 Å². The van der Waals surface area contributed by atoms with Gasteiger partial charge in [-0.25, -0.2) is 0 Å². The first kappa shape index (κ1) is 8.44. The molecule has 0 aromatic carbocycles. The molecule has 0 radical (unpaired) electrons. The van der Waals surface area contributed by atoms with Gasteiger partial charge in [-0.3, -0.25) is 4.99 Å². The van der Waals surface area contributed by atoms with Gasteiger partial charge < -0.3 is 11.1 Å². The van der Waals surface area contributed by atoms with Crippen molar-refractivity contribution in [1.29, 1.82) is 0 Å². The van der Waals surface area contributed by atoms with E-state index < -0.39 is 5.54 Å².